The number of hydrogen-bond donors (Lipinski definition) is 0. The van der Waals surface area contributed by atoms with Gasteiger partial charge in [-0.2, -0.15) is 10.5 Å². The van der Waals surface area contributed by atoms with E-state index in [0.717, 1.165) is 70.4 Å². The standard InChI is InChI=1S/C38H48N6O4S/c1-27(22-39)29-20-37(2,3)47-24-32(29)34(43(5)14-17-45-6)11-9-12-38(4)21-30-31(23-40)36(49-26-28-10-7-8-13-41-28)42-35(33(30)25-48-38)44-15-18-46-19-16-44/h7-8,10-11,13H,1,9,12,14-21,24-26H2,2-6H3. The van der Waals surface area contributed by atoms with Crippen LogP contribution in [0.2, 0.25) is 0 Å². The van der Waals surface area contributed by atoms with Crippen molar-refractivity contribution in [2.75, 3.05) is 65.1 Å². The van der Waals surface area contributed by atoms with E-state index in [1.54, 1.807) is 25.1 Å². The van der Waals surface area contributed by atoms with Gasteiger partial charge in [0.1, 0.15) is 16.9 Å². The molecule has 0 radical (unpaired) electrons. The lowest BCUT2D eigenvalue weighted by Gasteiger charge is -2.39. The lowest BCUT2D eigenvalue weighted by atomic mass is 9.84. The summed E-state index contributed by atoms with van der Waals surface area (Å²) in [6.45, 7) is 15.1. The van der Waals surface area contributed by atoms with Crippen LogP contribution in [-0.4, -0.2) is 86.3 Å². The van der Waals surface area contributed by atoms with Gasteiger partial charge in [0.2, 0.25) is 0 Å². The highest BCUT2D eigenvalue weighted by Crippen LogP contribution is 2.41. The van der Waals surface area contributed by atoms with Gasteiger partial charge in [-0.3, -0.25) is 4.98 Å². The van der Waals surface area contributed by atoms with Gasteiger partial charge in [-0.25, -0.2) is 4.98 Å². The molecule has 0 N–H and O–H groups in total. The molecule has 0 saturated carbocycles. The number of pyridine rings is 2. The third-order valence-corrected chi connectivity index (χ3v) is 10.4. The molecule has 5 heterocycles. The largest absolute Gasteiger partial charge is 0.383 e. The summed E-state index contributed by atoms with van der Waals surface area (Å²) < 4.78 is 24.0. The Hall–Kier alpha value is -3.71. The van der Waals surface area contributed by atoms with Crippen molar-refractivity contribution in [3.8, 4) is 12.1 Å². The second-order valence-electron chi connectivity index (χ2n) is 13.6. The molecular formula is C38H48N6O4S. The van der Waals surface area contributed by atoms with Gasteiger partial charge in [0.05, 0.1) is 61.6 Å². The number of allylic oxidation sites excluding steroid dienone is 2. The maximum absolute atomic E-state index is 10.5. The third kappa shape index (κ3) is 8.91. The molecule has 2 aromatic heterocycles. The zero-order valence-electron chi connectivity index (χ0n) is 29.5. The van der Waals surface area contributed by atoms with Crippen LogP contribution in [0.3, 0.4) is 0 Å². The fourth-order valence-electron chi connectivity index (χ4n) is 6.59. The highest BCUT2D eigenvalue weighted by atomic mass is 32.2. The first-order chi connectivity index (χ1) is 23.6. The first-order valence-electron chi connectivity index (χ1n) is 16.9. The molecule has 260 valence electrons. The predicted octanol–water partition coefficient (Wildman–Crippen LogP) is 6.13. The first-order valence-corrected chi connectivity index (χ1v) is 17.9. The molecule has 11 heteroatoms. The summed E-state index contributed by atoms with van der Waals surface area (Å²) in [5.74, 6) is 1.51. The summed E-state index contributed by atoms with van der Waals surface area (Å²) in [6, 6.07) is 10.7. The van der Waals surface area contributed by atoms with Crippen molar-refractivity contribution < 1.29 is 18.9 Å². The smallest absolute Gasteiger partial charge is 0.135 e. The minimum atomic E-state index is -0.504. The van der Waals surface area contributed by atoms with Crippen molar-refractivity contribution in [1.82, 2.24) is 14.9 Å². The highest BCUT2D eigenvalue weighted by Gasteiger charge is 2.37. The molecule has 1 unspecified atom stereocenters. The number of thioether (sulfide) groups is 1. The number of nitrogens with zero attached hydrogens (tertiary/aromatic N) is 6. The summed E-state index contributed by atoms with van der Waals surface area (Å²) in [5, 5.41) is 21.1. The minimum Gasteiger partial charge on any atom is -0.383 e. The van der Waals surface area contributed by atoms with Crippen LogP contribution in [-0.2, 0) is 37.7 Å². The SMILES string of the molecule is C=C(C#N)C1=C(C(=CCCC2(C)Cc3c(C#N)c(SCc4ccccn4)nc(N4CCOCC4)c3CO2)N(C)CCOC)COC(C)(C)C1. The Morgan fingerprint density at radius 2 is 1.92 bits per heavy atom. The molecule has 0 aliphatic carbocycles. The Balaban J connectivity index is 1.45. The van der Waals surface area contributed by atoms with Crippen molar-refractivity contribution in [3.05, 3.63) is 81.9 Å². The van der Waals surface area contributed by atoms with Gasteiger partial charge in [-0.05, 0) is 56.9 Å². The molecule has 3 aliphatic heterocycles. The van der Waals surface area contributed by atoms with Crippen molar-refractivity contribution in [1.29, 1.82) is 10.5 Å². The molecule has 0 spiro atoms. The lowest BCUT2D eigenvalue weighted by Crippen LogP contribution is -2.40. The average molecular weight is 685 g/mol. The Kier molecular flexibility index (Phi) is 12.2. The van der Waals surface area contributed by atoms with Gasteiger partial charge in [0.25, 0.3) is 0 Å². The second-order valence-corrected chi connectivity index (χ2v) is 14.6. The number of nitriles is 2. The number of morpholine rings is 1. The predicted molar refractivity (Wildman–Crippen MR) is 191 cm³/mol. The monoisotopic (exact) mass is 684 g/mol. The maximum atomic E-state index is 10.5. The topological polar surface area (TPSA) is 117 Å². The molecule has 0 amide bonds. The Labute approximate surface area is 295 Å². The molecule has 3 aliphatic rings. The normalized spacial score (nSPS) is 20.7. The molecule has 1 fully saturated rings. The first kappa shape index (κ1) is 36.6. The van der Waals surface area contributed by atoms with Gasteiger partial charge in [-0.1, -0.05) is 30.5 Å². The fraction of sp³-hybridized carbons (Fsp3) is 0.526. The number of fused-ring (bicyclic) bond motifs is 1. The van der Waals surface area contributed by atoms with Gasteiger partial charge in [0, 0.05) is 81.0 Å². The van der Waals surface area contributed by atoms with E-state index in [9.17, 15) is 10.5 Å². The zero-order chi connectivity index (χ0) is 35.0. The molecular weight excluding hydrogens is 637 g/mol. The van der Waals surface area contributed by atoms with Crippen molar-refractivity contribution >= 4 is 17.6 Å². The van der Waals surface area contributed by atoms with Crippen LogP contribution < -0.4 is 4.90 Å². The van der Waals surface area contributed by atoms with Crippen molar-refractivity contribution in [2.24, 2.45) is 0 Å². The summed E-state index contributed by atoms with van der Waals surface area (Å²) in [7, 11) is 3.74. The van der Waals surface area contributed by atoms with Crippen molar-refractivity contribution in [2.45, 2.75) is 75.0 Å². The molecule has 0 bridgehead atoms. The number of anilines is 1. The van der Waals surface area contributed by atoms with Gasteiger partial charge >= 0.3 is 0 Å². The van der Waals surface area contributed by atoms with E-state index in [2.05, 4.69) is 46.5 Å². The Morgan fingerprint density at radius 3 is 2.61 bits per heavy atom. The van der Waals surface area contributed by atoms with E-state index in [-0.39, 0.29) is 5.60 Å². The molecule has 49 heavy (non-hydrogen) atoms. The number of ether oxygens (including phenoxy) is 4. The summed E-state index contributed by atoms with van der Waals surface area (Å²) in [4.78, 5) is 14.0. The minimum absolute atomic E-state index is 0.381. The van der Waals surface area contributed by atoms with Crippen molar-refractivity contribution in [3.63, 3.8) is 0 Å². The van der Waals surface area contributed by atoms with E-state index in [0.29, 0.717) is 69.3 Å². The summed E-state index contributed by atoms with van der Waals surface area (Å²) >= 11 is 1.56. The number of likely N-dealkylation sites (N-methyl/N-ethyl adjacent to an activating group) is 1. The molecule has 5 rings (SSSR count). The van der Waals surface area contributed by atoms with E-state index in [4.69, 9.17) is 23.9 Å². The van der Waals surface area contributed by atoms with E-state index >= 15 is 0 Å². The molecule has 10 nitrogen and oxygen atoms in total. The molecule has 2 aromatic rings. The molecule has 1 atom stereocenters. The van der Waals surface area contributed by atoms with E-state index < -0.39 is 5.60 Å². The second kappa shape index (κ2) is 16.3. The van der Waals surface area contributed by atoms with Crippen LogP contribution in [0.15, 0.2) is 64.5 Å². The van der Waals surface area contributed by atoms with Gasteiger partial charge in [-0.15, -0.1) is 0 Å². The average Bonchev–Trinajstić information content (AvgIpc) is 3.11. The van der Waals surface area contributed by atoms with Crippen LogP contribution in [0.1, 0.15) is 62.4 Å². The summed E-state index contributed by atoms with van der Waals surface area (Å²) in [6.07, 6.45) is 6.69. The summed E-state index contributed by atoms with van der Waals surface area (Å²) in [5.41, 5.74) is 6.14. The lowest BCUT2D eigenvalue weighted by molar-refractivity contribution is -0.0590. The Bertz CT molecular complexity index is 1650. The quantitative estimate of drug-likeness (QED) is 0.179. The number of hydrogen-bond acceptors (Lipinski definition) is 11. The van der Waals surface area contributed by atoms with Crippen LogP contribution in [0.25, 0.3) is 0 Å². The van der Waals surface area contributed by atoms with Crippen LogP contribution in [0, 0.1) is 22.7 Å². The maximum Gasteiger partial charge on any atom is 0.135 e. The molecule has 0 aromatic carbocycles. The molecule has 1 saturated heterocycles. The van der Waals surface area contributed by atoms with E-state index in [1.165, 1.54) is 0 Å². The fourth-order valence-corrected chi connectivity index (χ4v) is 7.51. The van der Waals surface area contributed by atoms with Crippen LogP contribution in [0.5, 0.6) is 0 Å². The van der Waals surface area contributed by atoms with E-state index in [1.807, 2.05) is 39.1 Å². The number of methoxy groups -OCH3 is 1. The number of rotatable bonds is 13. The number of aromatic nitrogens is 2. The van der Waals surface area contributed by atoms with Crippen LogP contribution in [0.4, 0.5) is 5.82 Å². The highest BCUT2D eigenvalue weighted by molar-refractivity contribution is 7.98. The third-order valence-electron chi connectivity index (χ3n) is 9.41. The Morgan fingerprint density at radius 1 is 1.12 bits per heavy atom. The van der Waals surface area contributed by atoms with Gasteiger partial charge < -0.3 is 28.7 Å². The van der Waals surface area contributed by atoms with Crippen LogP contribution >= 0.6 is 11.8 Å². The zero-order valence-corrected chi connectivity index (χ0v) is 30.3. The van der Waals surface area contributed by atoms with Gasteiger partial charge in [0.15, 0.2) is 0 Å².